The Morgan fingerprint density at radius 3 is 2.65 bits per heavy atom. The highest BCUT2D eigenvalue weighted by molar-refractivity contribution is 5.98. The first-order valence-corrected chi connectivity index (χ1v) is 8.45. The first-order valence-electron chi connectivity index (χ1n) is 8.45. The van der Waals surface area contributed by atoms with E-state index in [4.69, 9.17) is 14.9 Å². The van der Waals surface area contributed by atoms with Crippen LogP contribution in [0.2, 0.25) is 0 Å². The second kappa shape index (κ2) is 8.91. The summed E-state index contributed by atoms with van der Waals surface area (Å²) in [6.07, 6.45) is 0.380. The lowest BCUT2D eigenvalue weighted by Gasteiger charge is -2.32. The van der Waals surface area contributed by atoms with Crippen LogP contribution in [0.3, 0.4) is 0 Å². The van der Waals surface area contributed by atoms with Crippen LogP contribution in [0.25, 0.3) is 0 Å². The molecule has 0 saturated carbocycles. The molecule has 2 N–H and O–H groups in total. The third kappa shape index (κ3) is 5.12. The van der Waals surface area contributed by atoms with Gasteiger partial charge in [0.05, 0.1) is 43.8 Å². The average molecular weight is 368 g/mol. The Hall–Kier alpha value is -2.26. The van der Waals surface area contributed by atoms with E-state index in [9.17, 15) is 14.0 Å². The summed E-state index contributed by atoms with van der Waals surface area (Å²) in [5, 5.41) is 10.6. The highest BCUT2D eigenvalue weighted by Crippen LogP contribution is 2.22. The molecule has 2 fully saturated rings. The number of carbonyl (C=O) groups is 2. The van der Waals surface area contributed by atoms with Crippen LogP contribution in [-0.4, -0.2) is 79.1 Å². The van der Waals surface area contributed by atoms with Crippen molar-refractivity contribution in [1.29, 1.82) is 5.41 Å². The Morgan fingerprint density at radius 1 is 1.46 bits per heavy atom. The summed E-state index contributed by atoms with van der Waals surface area (Å²) in [4.78, 5) is 26.4. The van der Waals surface area contributed by atoms with Gasteiger partial charge in [0.2, 0.25) is 5.91 Å². The zero-order valence-electron chi connectivity index (χ0n) is 15.1. The number of amides is 2. The molecular formula is C17H25FN4O4. The maximum absolute atomic E-state index is 14.1. The van der Waals surface area contributed by atoms with Crippen molar-refractivity contribution in [3.8, 4) is 0 Å². The Morgan fingerprint density at radius 2 is 2.12 bits per heavy atom. The lowest BCUT2D eigenvalue weighted by Crippen LogP contribution is -2.44. The zero-order chi connectivity index (χ0) is 19.3. The Balaban J connectivity index is 2.19. The quantitative estimate of drug-likeness (QED) is 0.655. The van der Waals surface area contributed by atoms with Gasteiger partial charge < -0.3 is 20.2 Å². The van der Waals surface area contributed by atoms with E-state index < -0.39 is 24.1 Å². The fourth-order valence-electron chi connectivity index (χ4n) is 2.90. The van der Waals surface area contributed by atoms with E-state index in [1.54, 1.807) is 0 Å². The van der Waals surface area contributed by atoms with Gasteiger partial charge in [-0.15, -0.1) is 0 Å². The van der Waals surface area contributed by atoms with Crippen molar-refractivity contribution in [2.24, 2.45) is 0 Å². The lowest BCUT2D eigenvalue weighted by atomic mass is 10.1. The van der Waals surface area contributed by atoms with Crippen LogP contribution in [0.4, 0.5) is 9.18 Å². The molecular weight excluding hydrogens is 343 g/mol. The molecule has 26 heavy (non-hydrogen) atoms. The molecule has 144 valence electrons. The summed E-state index contributed by atoms with van der Waals surface area (Å²) >= 11 is 0. The van der Waals surface area contributed by atoms with E-state index in [1.165, 1.54) is 24.8 Å². The maximum atomic E-state index is 14.1. The van der Waals surface area contributed by atoms with Crippen molar-refractivity contribution >= 4 is 17.7 Å². The monoisotopic (exact) mass is 368 g/mol. The molecule has 2 aliphatic heterocycles. The van der Waals surface area contributed by atoms with E-state index in [2.05, 4.69) is 11.9 Å². The van der Waals surface area contributed by atoms with Gasteiger partial charge in [-0.1, -0.05) is 6.58 Å². The number of hydrogen-bond acceptors (Lipinski definition) is 6. The SMILES string of the molecule is C=C(F)C(/C=C(\C(C)=N)N1CC(CNC(C)=O)OC1=O)N1CCOCC1. The van der Waals surface area contributed by atoms with E-state index in [1.807, 2.05) is 4.90 Å². The minimum atomic E-state index is -0.753. The smallest absolute Gasteiger partial charge is 0.414 e. The van der Waals surface area contributed by atoms with Gasteiger partial charge in [-0.3, -0.25) is 14.6 Å². The van der Waals surface area contributed by atoms with Crippen molar-refractivity contribution in [1.82, 2.24) is 15.1 Å². The number of halogens is 1. The fourth-order valence-corrected chi connectivity index (χ4v) is 2.90. The first kappa shape index (κ1) is 20.1. The zero-order valence-corrected chi connectivity index (χ0v) is 15.1. The molecule has 0 spiro atoms. The maximum Gasteiger partial charge on any atom is 0.414 e. The van der Waals surface area contributed by atoms with Gasteiger partial charge >= 0.3 is 6.09 Å². The molecule has 2 heterocycles. The van der Waals surface area contributed by atoms with E-state index in [-0.39, 0.29) is 30.4 Å². The average Bonchev–Trinajstić information content (AvgIpc) is 2.94. The van der Waals surface area contributed by atoms with Crippen LogP contribution >= 0.6 is 0 Å². The van der Waals surface area contributed by atoms with Gasteiger partial charge in [0.25, 0.3) is 0 Å². The largest absolute Gasteiger partial charge is 0.442 e. The van der Waals surface area contributed by atoms with Crippen LogP contribution in [0, 0.1) is 5.41 Å². The van der Waals surface area contributed by atoms with Crippen molar-refractivity contribution in [2.45, 2.75) is 26.0 Å². The molecule has 2 amide bonds. The predicted molar refractivity (Wildman–Crippen MR) is 93.6 cm³/mol. The molecule has 9 heteroatoms. The van der Waals surface area contributed by atoms with Crippen LogP contribution in [0.15, 0.2) is 24.2 Å². The second-order valence-electron chi connectivity index (χ2n) is 6.27. The Bertz CT molecular complexity index is 616. The second-order valence-corrected chi connectivity index (χ2v) is 6.27. The number of allylic oxidation sites excluding steroid dienone is 1. The summed E-state index contributed by atoms with van der Waals surface area (Å²) in [5.74, 6) is -0.785. The highest BCUT2D eigenvalue weighted by Gasteiger charge is 2.35. The molecule has 2 rings (SSSR count). The molecule has 2 aliphatic rings. The third-order valence-electron chi connectivity index (χ3n) is 4.20. The molecule has 2 unspecified atom stereocenters. The third-order valence-corrected chi connectivity index (χ3v) is 4.20. The van der Waals surface area contributed by atoms with Crippen molar-refractivity contribution in [3.63, 3.8) is 0 Å². The van der Waals surface area contributed by atoms with E-state index in [0.717, 1.165) is 0 Å². The molecule has 2 atom stereocenters. The van der Waals surface area contributed by atoms with Crippen LogP contribution in [0.5, 0.6) is 0 Å². The summed E-state index contributed by atoms with van der Waals surface area (Å²) < 4.78 is 24.6. The summed E-state index contributed by atoms with van der Waals surface area (Å²) in [5.41, 5.74) is 0.386. The van der Waals surface area contributed by atoms with Crippen LogP contribution in [-0.2, 0) is 14.3 Å². The number of carbonyl (C=O) groups excluding carboxylic acids is 2. The van der Waals surface area contributed by atoms with E-state index >= 15 is 0 Å². The molecule has 0 aliphatic carbocycles. The van der Waals surface area contributed by atoms with Crippen LogP contribution < -0.4 is 5.32 Å². The Kier molecular flexibility index (Phi) is 6.87. The van der Waals surface area contributed by atoms with Gasteiger partial charge in [-0.25, -0.2) is 9.18 Å². The van der Waals surface area contributed by atoms with Gasteiger partial charge in [-0.2, -0.15) is 0 Å². The van der Waals surface area contributed by atoms with Gasteiger partial charge in [-0.05, 0) is 13.0 Å². The van der Waals surface area contributed by atoms with Gasteiger partial charge in [0.1, 0.15) is 11.9 Å². The highest BCUT2D eigenvalue weighted by atomic mass is 19.1. The number of nitrogens with zero attached hydrogens (tertiary/aromatic N) is 2. The van der Waals surface area contributed by atoms with Crippen molar-refractivity contribution < 1.29 is 23.5 Å². The minimum absolute atomic E-state index is 0.113. The van der Waals surface area contributed by atoms with Crippen molar-refractivity contribution in [3.05, 3.63) is 24.2 Å². The summed E-state index contributed by atoms with van der Waals surface area (Å²) in [7, 11) is 0. The molecule has 0 aromatic carbocycles. The summed E-state index contributed by atoms with van der Waals surface area (Å²) in [6, 6.07) is -0.753. The van der Waals surface area contributed by atoms with Gasteiger partial charge in [0.15, 0.2) is 0 Å². The molecule has 0 bridgehead atoms. The predicted octanol–water partition coefficient (Wildman–Crippen LogP) is 1.05. The molecule has 0 radical (unpaired) electrons. The number of rotatable bonds is 7. The van der Waals surface area contributed by atoms with Crippen molar-refractivity contribution in [2.75, 3.05) is 39.4 Å². The minimum Gasteiger partial charge on any atom is -0.442 e. The number of ether oxygens (including phenoxy) is 2. The molecule has 0 aromatic rings. The topological polar surface area (TPSA) is 95.0 Å². The molecule has 0 aromatic heterocycles. The lowest BCUT2D eigenvalue weighted by molar-refractivity contribution is -0.119. The number of cyclic esters (lactones) is 1. The standard InChI is InChI=1S/C17H25FN4O4/c1-11(18)15(21-4-6-25-7-5-21)8-16(12(2)19)22-10-14(26-17(22)24)9-20-13(3)23/h8,14-15,19H,1,4-7,9-10H2,2-3H3,(H,20,23)/b16-8+,19-12?. The first-order chi connectivity index (χ1) is 12.3. The number of morpholine rings is 1. The number of nitrogens with one attached hydrogen (secondary N) is 2. The summed E-state index contributed by atoms with van der Waals surface area (Å²) in [6.45, 7) is 8.71. The number of hydrogen-bond donors (Lipinski definition) is 2. The van der Waals surface area contributed by atoms with Crippen LogP contribution in [0.1, 0.15) is 13.8 Å². The molecule has 2 saturated heterocycles. The molecule has 8 nitrogen and oxygen atoms in total. The van der Waals surface area contributed by atoms with Gasteiger partial charge in [0, 0.05) is 20.0 Å². The van der Waals surface area contributed by atoms with E-state index in [0.29, 0.717) is 26.3 Å². The normalized spacial score (nSPS) is 22.7. The fraction of sp³-hybridized carbons (Fsp3) is 0.588. The Labute approximate surface area is 152 Å².